The van der Waals surface area contributed by atoms with E-state index in [0.29, 0.717) is 22.3 Å². The molecule has 0 heterocycles. The summed E-state index contributed by atoms with van der Waals surface area (Å²) >= 11 is 0. The third-order valence-electron chi connectivity index (χ3n) is 16.2. The van der Waals surface area contributed by atoms with Gasteiger partial charge in [0, 0.05) is 24.9 Å². The Bertz CT molecular complexity index is 2860. The van der Waals surface area contributed by atoms with Crippen molar-refractivity contribution < 1.29 is 69.2 Å². The van der Waals surface area contributed by atoms with Gasteiger partial charge in [-0.25, -0.2) is 0 Å². The molecule has 23 heteroatoms. The Kier molecular flexibility index (Phi) is 34.9. The summed E-state index contributed by atoms with van der Waals surface area (Å²) in [6.07, 6.45) is 15.3. The minimum absolute atomic E-state index is 0. The van der Waals surface area contributed by atoms with Crippen LogP contribution in [0, 0.1) is 46.0 Å². The molecule has 2 saturated carbocycles. The van der Waals surface area contributed by atoms with E-state index in [4.69, 9.17) is 65.9 Å². The molecule has 0 aromatic heterocycles. The van der Waals surface area contributed by atoms with Gasteiger partial charge in [-0.15, -0.1) is 0 Å². The van der Waals surface area contributed by atoms with E-state index >= 15 is 0 Å². The van der Waals surface area contributed by atoms with Crippen molar-refractivity contribution in [2.24, 2.45) is 20.0 Å². The van der Waals surface area contributed by atoms with E-state index in [1.54, 1.807) is 24.9 Å². The molecule has 6 rings (SSSR count). The van der Waals surface area contributed by atoms with Gasteiger partial charge in [-0.2, -0.15) is 0 Å². The zero-order valence-electron chi connectivity index (χ0n) is 60.6. The van der Waals surface area contributed by atoms with Crippen LogP contribution in [0.1, 0.15) is 284 Å². The van der Waals surface area contributed by atoms with Gasteiger partial charge in [-0.05, 0) is 136 Å². The van der Waals surface area contributed by atoms with E-state index in [-0.39, 0.29) is 141 Å². The van der Waals surface area contributed by atoms with E-state index < -0.39 is 15.3 Å². The minimum atomic E-state index is -1.75. The van der Waals surface area contributed by atoms with Crippen molar-refractivity contribution in [2.75, 3.05) is 0 Å². The Morgan fingerprint density at radius 1 is 0.305 bits per heavy atom. The summed E-state index contributed by atoms with van der Waals surface area (Å²) in [4.78, 5) is 44.6. The number of aliphatic imine (C=N–C) groups is 4. The van der Waals surface area contributed by atoms with Gasteiger partial charge in [0.2, 0.25) is 0 Å². The number of hydrogen-bond donors (Lipinski definition) is 0. The van der Waals surface area contributed by atoms with Gasteiger partial charge >= 0.3 is 50.9 Å². The van der Waals surface area contributed by atoms with E-state index in [0.717, 1.165) is 95.9 Å². The van der Waals surface area contributed by atoms with Gasteiger partial charge in [0.25, 0.3) is 0 Å². The molecule has 0 bridgehead atoms. The molecule has 2 aliphatic rings. The quantitative estimate of drug-likeness (QED) is 0.0686. The van der Waals surface area contributed by atoms with Crippen LogP contribution in [-0.4, -0.2) is 81.6 Å². The summed E-state index contributed by atoms with van der Waals surface area (Å²) < 4.78 is 0. The summed E-state index contributed by atoms with van der Waals surface area (Å²) in [5.41, 5.74) is 9.24. The predicted molar refractivity (Wildman–Crippen MR) is 372 cm³/mol. The van der Waals surface area contributed by atoms with Crippen molar-refractivity contribution in [2.45, 2.75) is 285 Å². The van der Waals surface area contributed by atoms with Crippen LogP contribution in [0.2, 0.25) is 0 Å². The maximum atomic E-state index is 13.5. The van der Waals surface area contributed by atoms with Crippen molar-refractivity contribution in [1.29, 1.82) is 0 Å². The van der Waals surface area contributed by atoms with Crippen molar-refractivity contribution in [3.63, 3.8) is 0 Å². The first-order valence-electron chi connectivity index (χ1n) is 31.6. The number of nitrogens with zero attached hydrogens (tertiary/aromatic N) is 7. The monoisotopic (exact) mass is 1420 g/mol. The maximum Gasteiger partial charge on any atom is 3.00 e. The van der Waals surface area contributed by atoms with Crippen LogP contribution in [0.5, 0.6) is 23.0 Å². The fraction of sp³-hybridized carbons (Fsp3) is 0.611. The fourth-order valence-electron chi connectivity index (χ4n) is 10.5. The summed E-state index contributed by atoms with van der Waals surface area (Å²) in [6.45, 7) is 51.2. The first kappa shape index (κ1) is 91.0. The average molecular weight is 1420 g/mol. The standard InChI is InChI=1S/2C36H54N2O2.Al.2Co.3NO3/c2*1-33(2,3)25-17-23(31(39)27(19-25)35(7,8)9)21-37-29-15-13-14-16-30(29)38-22-24-18-26(34(4,5)6)20-28(32(24)40)36(10,11)12;;;;3*2-1(3)4/h2*17-22,29-30,39-40H,13-16H2,1-12H3;;;;;;/q;;+3;2*+2;3*-1/p-4/t2*29-,30-;;;;;;/m00....../s1. The molecular weight excluding hydrogens is 1320 g/mol. The summed E-state index contributed by atoms with van der Waals surface area (Å²) in [5.74, 6) is 0.240. The predicted octanol–water partition coefficient (Wildman–Crippen LogP) is 14.6. The van der Waals surface area contributed by atoms with Gasteiger partial charge in [0.1, 0.15) is 0 Å². The minimum Gasteiger partial charge on any atom is -0.872 e. The Hall–Kier alpha value is -6.09. The second-order valence-corrected chi connectivity index (χ2v) is 32.4. The molecule has 0 saturated heterocycles. The van der Waals surface area contributed by atoms with Crippen LogP contribution in [0.4, 0.5) is 0 Å². The second-order valence-electron chi connectivity index (χ2n) is 32.4. The molecule has 4 aromatic rings. The molecule has 95 heavy (non-hydrogen) atoms. The van der Waals surface area contributed by atoms with Crippen molar-refractivity contribution in [1.82, 2.24) is 0 Å². The van der Waals surface area contributed by atoms with E-state index in [1.807, 2.05) is 24.3 Å². The zero-order valence-corrected chi connectivity index (χ0v) is 63.8. The Morgan fingerprint density at radius 3 is 0.558 bits per heavy atom. The molecular formula is C72H104AlCo2N7O13. The maximum absolute atomic E-state index is 13.5. The van der Waals surface area contributed by atoms with Crippen LogP contribution in [-0.2, 0) is 76.9 Å². The van der Waals surface area contributed by atoms with E-state index in [9.17, 15) is 20.4 Å². The molecule has 2 fully saturated rings. The van der Waals surface area contributed by atoms with E-state index in [2.05, 4.69) is 190 Å². The zero-order chi connectivity index (χ0) is 71.2. The Morgan fingerprint density at radius 2 is 0.442 bits per heavy atom. The molecule has 0 N–H and O–H groups in total. The Balaban J connectivity index is 0. The molecule has 0 amide bonds. The summed E-state index contributed by atoms with van der Waals surface area (Å²) in [7, 11) is 0. The van der Waals surface area contributed by atoms with Crippen LogP contribution in [0.15, 0.2) is 68.5 Å². The molecule has 2 aliphatic carbocycles. The molecule has 0 aliphatic heterocycles. The molecule has 4 atom stereocenters. The van der Waals surface area contributed by atoms with Crippen molar-refractivity contribution >= 4 is 42.2 Å². The van der Waals surface area contributed by atoms with Crippen molar-refractivity contribution in [3.8, 4) is 23.0 Å². The topological polar surface area (TPSA) is 340 Å². The van der Waals surface area contributed by atoms with Gasteiger partial charge in [0.15, 0.2) is 0 Å². The smallest absolute Gasteiger partial charge is 0.872 e. The van der Waals surface area contributed by atoms with Gasteiger partial charge in [-0.3, -0.25) is 20.0 Å². The van der Waals surface area contributed by atoms with Crippen LogP contribution in [0.25, 0.3) is 0 Å². The molecule has 2 radical (unpaired) electrons. The van der Waals surface area contributed by atoms with Crippen molar-refractivity contribution in [3.05, 3.63) is 161 Å². The summed E-state index contributed by atoms with van der Waals surface area (Å²) in [5, 5.41) is 98.1. The molecule has 0 unspecified atom stereocenters. The van der Waals surface area contributed by atoms with Crippen LogP contribution < -0.4 is 20.4 Å². The fourth-order valence-corrected chi connectivity index (χ4v) is 10.5. The first-order chi connectivity index (χ1) is 41.6. The van der Waals surface area contributed by atoms with Crippen LogP contribution in [0.3, 0.4) is 0 Å². The second kappa shape index (κ2) is 36.5. The third-order valence-corrected chi connectivity index (χ3v) is 16.2. The molecule has 20 nitrogen and oxygen atoms in total. The van der Waals surface area contributed by atoms with Gasteiger partial charge in [-0.1, -0.05) is 263 Å². The number of hydrogen-bond acceptors (Lipinski definition) is 17. The molecule has 0 spiro atoms. The SMILES string of the molecule is CC(C)(C)c1cc(C=N[C@H]2CCCC[C@@H]2N=Cc2cc(C(C)(C)C)cc(C(C)(C)C)c2[O-])c([O-])c(C(C)(C)C)c1.CC(C)(C)c1cc(C=N[C@H]2CCCC[C@@H]2N=Cc2cc(C(C)(C)C)cc(C(C)(C)C)c2[O-])c([O-])c(C(C)(C)C)c1.O=[N+]([O-])[O-].O=[N+]([O-])[O-].O=[N+]([O-])[O-].[Al+3].[Co+2].[Co+2]. The van der Waals surface area contributed by atoms with Crippen LogP contribution >= 0.6 is 0 Å². The van der Waals surface area contributed by atoms with Gasteiger partial charge in [0.05, 0.1) is 39.4 Å². The number of benzene rings is 4. The molecule has 526 valence electrons. The van der Waals surface area contributed by atoms with E-state index in [1.165, 1.54) is 0 Å². The largest absolute Gasteiger partial charge is 3.00 e. The van der Waals surface area contributed by atoms with Gasteiger partial charge < -0.3 is 66.4 Å². The number of rotatable bonds is 8. The molecule has 4 aromatic carbocycles. The average Bonchev–Trinajstić information content (AvgIpc) is 0.811. The Labute approximate surface area is 597 Å². The summed E-state index contributed by atoms with van der Waals surface area (Å²) in [6, 6.07) is 16.3. The third kappa shape index (κ3) is 29.7. The normalized spacial score (nSPS) is 17.3. The first-order valence-corrected chi connectivity index (χ1v) is 31.6.